The van der Waals surface area contributed by atoms with E-state index in [1.54, 1.807) is 31.1 Å². The van der Waals surface area contributed by atoms with E-state index in [0.717, 1.165) is 18.4 Å². The Bertz CT molecular complexity index is 608. The first-order chi connectivity index (χ1) is 11.8. The minimum absolute atomic E-state index is 0.0312. The number of hydrogen-bond donors (Lipinski definition) is 2. The molecule has 1 aliphatic rings. The van der Waals surface area contributed by atoms with E-state index in [1.165, 1.54) is 4.90 Å². The summed E-state index contributed by atoms with van der Waals surface area (Å²) < 4.78 is 0. The molecule has 1 aromatic carbocycles. The standard InChI is InChI=1S/C19H29N3O3/c1-13(2)17(18(24)21(3)4)20-19(25)22-10-8-14(9-11-22)15-6-5-7-16(23)12-15/h5-7,12-14,17,23H,8-11H2,1-4H3,(H,20,25)/t17-/m0/s1. The third-order valence-corrected chi connectivity index (χ3v) is 4.78. The number of nitrogens with one attached hydrogen (secondary N) is 1. The maximum atomic E-state index is 12.5. The van der Waals surface area contributed by atoms with Crippen LogP contribution >= 0.6 is 0 Å². The summed E-state index contributed by atoms with van der Waals surface area (Å²) in [5, 5.41) is 12.5. The van der Waals surface area contributed by atoms with Gasteiger partial charge in [-0.1, -0.05) is 26.0 Å². The molecule has 0 radical (unpaired) electrons. The van der Waals surface area contributed by atoms with Gasteiger partial charge in [0.1, 0.15) is 11.8 Å². The molecule has 1 atom stereocenters. The van der Waals surface area contributed by atoms with Crippen molar-refractivity contribution < 1.29 is 14.7 Å². The lowest BCUT2D eigenvalue weighted by Gasteiger charge is -2.34. The number of hydrogen-bond acceptors (Lipinski definition) is 3. The third-order valence-electron chi connectivity index (χ3n) is 4.78. The van der Waals surface area contributed by atoms with Crippen LogP contribution in [0.25, 0.3) is 0 Å². The summed E-state index contributed by atoms with van der Waals surface area (Å²) in [6.45, 7) is 5.15. The molecular weight excluding hydrogens is 318 g/mol. The number of aromatic hydroxyl groups is 1. The first-order valence-corrected chi connectivity index (χ1v) is 8.85. The zero-order chi connectivity index (χ0) is 18.6. The summed E-state index contributed by atoms with van der Waals surface area (Å²) in [6.07, 6.45) is 1.70. The van der Waals surface area contributed by atoms with Gasteiger partial charge in [-0.3, -0.25) is 4.79 Å². The zero-order valence-corrected chi connectivity index (χ0v) is 15.5. The molecule has 1 saturated heterocycles. The van der Waals surface area contributed by atoms with Crippen LogP contribution in [0.5, 0.6) is 5.75 Å². The number of carbonyl (C=O) groups is 2. The van der Waals surface area contributed by atoms with Crippen LogP contribution in [-0.2, 0) is 4.79 Å². The lowest BCUT2D eigenvalue weighted by Crippen LogP contribution is -2.54. The molecule has 0 aliphatic carbocycles. The van der Waals surface area contributed by atoms with Crippen LogP contribution in [0.15, 0.2) is 24.3 Å². The molecule has 1 aromatic rings. The number of phenolic OH excluding ortho intramolecular Hbond substituents is 1. The van der Waals surface area contributed by atoms with Crippen molar-refractivity contribution in [3.8, 4) is 5.75 Å². The van der Waals surface area contributed by atoms with Crippen molar-refractivity contribution in [2.45, 2.75) is 38.6 Å². The van der Waals surface area contributed by atoms with Gasteiger partial charge in [-0.25, -0.2) is 4.79 Å². The van der Waals surface area contributed by atoms with Gasteiger partial charge in [-0.05, 0) is 42.4 Å². The van der Waals surface area contributed by atoms with Gasteiger partial charge in [0, 0.05) is 27.2 Å². The number of amides is 3. The average Bonchev–Trinajstić information content (AvgIpc) is 2.58. The highest BCUT2D eigenvalue weighted by atomic mass is 16.3. The number of rotatable bonds is 4. The average molecular weight is 347 g/mol. The van der Waals surface area contributed by atoms with Gasteiger partial charge in [0.25, 0.3) is 0 Å². The van der Waals surface area contributed by atoms with Gasteiger partial charge in [-0.15, -0.1) is 0 Å². The number of urea groups is 1. The maximum Gasteiger partial charge on any atom is 0.318 e. The number of likely N-dealkylation sites (N-methyl/N-ethyl adjacent to an activating group) is 1. The van der Waals surface area contributed by atoms with Crippen LogP contribution in [0.2, 0.25) is 0 Å². The fourth-order valence-corrected chi connectivity index (χ4v) is 3.21. The number of piperidine rings is 1. The molecule has 1 heterocycles. The molecule has 3 amide bonds. The van der Waals surface area contributed by atoms with Gasteiger partial charge in [0.2, 0.25) is 5.91 Å². The molecule has 1 fully saturated rings. The van der Waals surface area contributed by atoms with E-state index in [-0.39, 0.29) is 23.6 Å². The van der Waals surface area contributed by atoms with Gasteiger partial charge >= 0.3 is 6.03 Å². The topological polar surface area (TPSA) is 72.9 Å². The molecule has 6 nitrogen and oxygen atoms in total. The number of benzene rings is 1. The molecule has 0 spiro atoms. The Morgan fingerprint density at radius 3 is 2.40 bits per heavy atom. The van der Waals surface area contributed by atoms with Crippen molar-refractivity contribution in [1.82, 2.24) is 15.1 Å². The highest BCUT2D eigenvalue weighted by Gasteiger charge is 2.29. The van der Waals surface area contributed by atoms with Crippen molar-refractivity contribution in [1.29, 1.82) is 0 Å². The quantitative estimate of drug-likeness (QED) is 0.878. The summed E-state index contributed by atoms with van der Waals surface area (Å²) >= 11 is 0. The summed E-state index contributed by atoms with van der Waals surface area (Å²) in [5.41, 5.74) is 1.11. The smallest absolute Gasteiger partial charge is 0.318 e. The summed E-state index contributed by atoms with van der Waals surface area (Å²) in [4.78, 5) is 28.1. The number of phenols is 1. The number of nitrogens with zero attached hydrogens (tertiary/aromatic N) is 2. The minimum Gasteiger partial charge on any atom is -0.508 e. The molecule has 0 unspecified atom stereocenters. The van der Waals surface area contributed by atoms with Crippen LogP contribution in [0, 0.1) is 5.92 Å². The van der Waals surface area contributed by atoms with Crippen molar-refractivity contribution in [2.75, 3.05) is 27.2 Å². The highest BCUT2D eigenvalue weighted by molar-refractivity contribution is 5.87. The van der Waals surface area contributed by atoms with Gasteiger partial charge < -0.3 is 20.2 Å². The highest BCUT2D eigenvalue weighted by Crippen LogP contribution is 2.29. The predicted molar refractivity (Wildman–Crippen MR) is 97.5 cm³/mol. The van der Waals surface area contributed by atoms with Crippen molar-refractivity contribution in [3.63, 3.8) is 0 Å². The van der Waals surface area contributed by atoms with E-state index in [0.29, 0.717) is 19.0 Å². The number of carbonyl (C=O) groups excluding carboxylic acids is 2. The molecule has 0 saturated carbocycles. The fourth-order valence-electron chi connectivity index (χ4n) is 3.21. The van der Waals surface area contributed by atoms with Crippen molar-refractivity contribution in [2.24, 2.45) is 5.92 Å². The van der Waals surface area contributed by atoms with Gasteiger partial charge in [0.05, 0.1) is 0 Å². The maximum absolute atomic E-state index is 12.5. The van der Waals surface area contributed by atoms with Crippen LogP contribution in [0.3, 0.4) is 0 Å². The Labute approximate surface area is 149 Å². The first-order valence-electron chi connectivity index (χ1n) is 8.85. The lowest BCUT2D eigenvalue weighted by molar-refractivity contribution is -0.131. The first kappa shape index (κ1) is 19.1. The summed E-state index contributed by atoms with van der Waals surface area (Å²) in [7, 11) is 3.40. The Hall–Kier alpha value is -2.24. The SMILES string of the molecule is CC(C)[C@H](NC(=O)N1CCC(c2cccc(O)c2)CC1)C(=O)N(C)C. The fraction of sp³-hybridized carbons (Fsp3) is 0.579. The Balaban J connectivity index is 1.93. The normalized spacial score (nSPS) is 16.6. The summed E-state index contributed by atoms with van der Waals surface area (Å²) in [6, 6.07) is 6.65. The van der Waals surface area contributed by atoms with Crippen molar-refractivity contribution in [3.05, 3.63) is 29.8 Å². The van der Waals surface area contributed by atoms with Crippen molar-refractivity contribution >= 4 is 11.9 Å². The zero-order valence-electron chi connectivity index (χ0n) is 15.5. The van der Waals surface area contributed by atoms with E-state index in [4.69, 9.17) is 0 Å². The molecule has 2 N–H and O–H groups in total. The Morgan fingerprint density at radius 2 is 1.88 bits per heavy atom. The van der Waals surface area contributed by atoms with Gasteiger partial charge in [0.15, 0.2) is 0 Å². The van der Waals surface area contributed by atoms with Crippen LogP contribution in [0.1, 0.15) is 38.2 Å². The molecule has 2 rings (SSSR count). The molecule has 0 bridgehead atoms. The van der Waals surface area contributed by atoms with Crippen LogP contribution in [0.4, 0.5) is 4.79 Å². The number of likely N-dealkylation sites (tertiary alicyclic amines) is 1. The van der Waals surface area contributed by atoms with E-state index in [1.807, 2.05) is 26.0 Å². The van der Waals surface area contributed by atoms with E-state index < -0.39 is 6.04 Å². The molecule has 138 valence electrons. The summed E-state index contributed by atoms with van der Waals surface area (Å²) in [5.74, 6) is 0.571. The second kappa shape index (κ2) is 8.23. The molecular formula is C19H29N3O3. The van der Waals surface area contributed by atoms with Gasteiger partial charge in [-0.2, -0.15) is 0 Å². The molecule has 6 heteroatoms. The van der Waals surface area contributed by atoms with Crippen LogP contribution in [-0.4, -0.2) is 60.1 Å². The lowest BCUT2D eigenvalue weighted by atomic mass is 9.89. The second-order valence-electron chi connectivity index (χ2n) is 7.26. The second-order valence-corrected chi connectivity index (χ2v) is 7.26. The van der Waals surface area contributed by atoms with E-state index in [2.05, 4.69) is 5.32 Å². The minimum atomic E-state index is -0.508. The Kier molecular flexibility index (Phi) is 6.28. The van der Waals surface area contributed by atoms with E-state index in [9.17, 15) is 14.7 Å². The molecule has 0 aromatic heterocycles. The predicted octanol–water partition coefficient (Wildman–Crippen LogP) is 2.39. The molecule has 1 aliphatic heterocycles. The monoisotopic (exact) mass is 347 g/mol. The van der Waals surface area contributed by atoms with Crippen LogP contribution < -0.4 is 5.32 Å². The van der Waals surface area contributed by atoms with E-state index >= 15 is 0 Å². The molecule has 25 heavy (non-hydrogen) atoms. The Morgan fingerprint density at radius 1 is 1.24 bits per heavy atom. The third kappa shape index (κ3) is 4.87. The largest absolute Gasteiger partial charge is 0.508 e.